The van der Waals surface area contributed by atoms with Crippen LogP contribution in [0.5, 0.6) is 0 Å². The zero-order valence-electron chi connectivity index (χ0n) is 11.2. The molecule has 0 radical (unpaired) electrons. The maximum absolute atomic E-state index is 5.24. The van der Waals surface area contributed by atoms with Crippen LogP contribution >= 0.6 is 0 Å². The zero-order chi connectivity index (χ0) is 12.9. The summed E-state index contributed by atoms with van der Waals surface area (Å²) < 4.78 is 10.5. The summed E-state index contributed by atoms with van der Waals surface area (Å²) in [5, 5.41) is 3.03. The van der Waals surface area contributed by atoms with E-state index in [0.717, 1.165) is 25.6 Å². The summed E-state index contributed by atoms with van der Waals surface area (Å²) in [4.78, 5) is 0. The van der Waals surface area contributed by atoms with Gasteiger partial charge in [-0.2, -0.15) is 0 Å². The van der Waals surface area contributed by atoms with Crippen LogP contribution < -0.4 is 16.8 Å². The Hall–Kier alpha value is 0.0169. The molecule has 0 spiro atoms. The number of hydrogen-bond acceptors (Lipinski definition) is 5. The Kier molecular flexibility index (Phi) is 15.0. The molecule has 0 rings (SSSR count). The van der Waals surface area contributed by atoms with Gasteiger partial charge in [0, 0.05) is 40.4 Å². The van der Waals surface area contributed by atoms with E-state index in [1.807, 2.05) is 0 Å². The Morgan fingerprint density at radius 3 is 1.69 bits per heavy atom. The van der Waals surface area contributed by atoms with Crippen LogP contribution in [-0.2, 0) is 8.85 Å². The van der Waals surface area contributed by atoms with Crippen LogP contribution in [0.2, 0.25) is 12.6 Å². The minimum atomic E-state index is -1.70. The molecule has 0 bridgehead atoms. The third-order valence-electron chi connectivity index (χ3n) is 2.21. The van der Waals surface area contributed by atoms with Crippen LogP contribution in [0.3, 0.4) is 0 Å². The molecule has 0 unspecified atom stereocenters. The molecule has 0 aromatic rings. The lowest BCUT2D eigenvalue weighted by atomic mass is 10.6. The Labute approximate surface area is 101 Å². The van der Waals surface area contributed by atoms with Crippen molar-refractivity contribution < 1.29 is 8.85 Å². The lowest BCUT2D eigenvalue weighted by molar-refractivity contribution is 0.249. The Morgan fingerprint density at radius 1 is 1.06 bits per heavy atom. The highest BCUT2D eigenvalue weighted by atomic mass is 28.4. The van der Waals surface area contributed by atoms with Crippen molar-refractivity contribution in [2.45, 2.75) is 25.9 Å². The molecular weight excluding hydrogens is 222 g/mol. The lowest BCUT2D eigenvalue weighted by Crippen LogP contribution is -2.35. The highest BCUT2D eigenvalue weighted by Gasteiger charge is 2.26. The molecule has 0 heterocycles. The van der Waals surface area contributed by atoms with Gasteiger partial charge in [0.25, 0.3) is 0 Å². The summed E-state index contributed by atoms with van der Waals surface area (Å²) in [5.74, 6) is 0. The molecule has 0 fully saturated rings. The molecule has 0 aliphatic heterocycles. The Balaban J connectivity index is 0. The molecule has 0 aromatic carbocycles. The molecule has 5 nitrogen and oxygen atoms in total. The normalized spacial score (nSPS) is 10.9. The molecule has 0 aromatic heterocycles. The minimum Gasteiger partial charge on any atom is -0.398 e. The van der Waals surface area contributed by atoms with E-state index in [1.165, 1.54) is 0 Å². The van der Waals surface area contributed by atoms with Crippen molar-refractivity contribution in [2.24, 2.45) is 11.5 Å². The largest absolute Gasteiger partial charge is 0.398 e. The smallest absolute Gasteiger partial charge is 0.334 e. The van der Waals surface area contributed by atoms with E-state index in [9.17, 15) is 0 Å². The maximum Gasteiger partial charge on any atom is 0.334 e. The van der Waals surface area contributed by atoms with Gasteiger partial charge in [-0.3, -0.25) is 0 Å². The fraction of sp³-hybridized carbons (Fsp3) is 1.00. The van der Waals surface area contributed by atoms with Gasteiger partial charge in [0.1, 0.15) is 0 Å². The van der Waals surface area contributed by atoms with Gasteiger partial charge in [-0.25, -0.2) is 0 Å². The van der Waals surface area contributed by atoms with E-state index >= 15 is 0 Å². The third-order valence-corrected chi connectivity index (χ3v) is 5.35. The van der Waals surface area contributed by atoms with Crippen LogP contribution in [0.4, 0.5) is 0 Å². The summed E-state index contributed by atoms with van der Waals surface area (Å²) in [6, 6.07) is 1.08. The van der Waals surface area contributed by atoms with E-state index in [2.05, 4.69) is 18.8 Å². The summed E-state index contributed by atoms with van der Waals surface area (Å²) in [7, 11) is 1.76. The lowest BCUT2D eigenvalue weighted by Gasteiger charge is -2.21. The van der Waals surface area contributed by atoms with Gasteiger partial charge in [0.2, 0.25) is 0 Å². The fourth-order valence-corrected chi connectivity index (χ4v) is 2.55. The minimum absolute atomic E-state index is 0.694. The topological polar surface area (TPSA) is 82.5 Å². The van der Waals surface area contributed by atoms with Crippen LogP contribution in [0.15, 0.2) is 0 Å². The molecule has 100 valence electrons. The van der Waals surface area contributed by atoms with E-state index in [0.29, 0.717) is 13.1 Å². The summed E-state index contributed by atoms with van der Waals surface area (Å²) >= 11 is 0. The van der Waals surface area contributed by atoms with Gasteiger partial charge in [0.15, 0.2) is 0 Å². The molecule has 0 atom stereocenters. The highest BCUT2D eigenvalue weighted by Crippen LogP contribution is 2.12. The Morgan fingerprint density at radius 2 is 1.50 bits per heavy atom. The average Bonchev–Trinajstić information content (AvgIpc) is 2.31. The second kappa shape index (κ2) is 13.1. The van der Waals surface area contributed by atoms with Crippen molar-refractivity contribution in [3.05, 3.63) is 0 Å². The van der Waals surface area contributed by atoms with Gasteiger partial charge in [-0.05, 0) is 12.6 Å². The molecule has 0 aliphatic carbocycles. The molecular formula is C10H29N3O2Si. The molecule has 0 saturated heterocycles. The van der Waals surface area contributed by atoms with Gasteiger partial charge < -0.3 is 25.6 Å². The van der Waals surface area contributed by atoms with Crippen molar-refractivity contribution in [3.63, 3.8) is 0 Å². The number of nitrogens with one attached hydrogen (secondary N) is 1. The van der Waals surface area contributed by atoms with Gasteiger partial charge in [0.05, 0.1) is 0 Å². The predicted octanol–water partition coefficient (Wildman–Crippen LogP) is 0.255. The van der Waals surface area contributed by atoms with Crippen LogP contribution in [0.25, 0.3) is 0 Å². The quantitative estimate of drug-likeness (QED) is 0.426. The number of rotatable bonds is 8. The molecule has 0 aliphatic rings. The maximum atomic E-state index is 5.24. The molecule has 0 saturated carbocycles. The third kappa shape index (κ3) is 12.1. The fourth-order valence-electron chi connectivity index (χ4n) is 1.07. The first kappa shape index (κ1) is 18.4. The zero-order valence-corrected chi connectivity index (χ0v) is 12.2. The second-order valence-electron chi connectivity index (χ2n) is 3.62. The van der Waals surface area contributed by atoms with Gasteiger partial charge in [-0.15, -0.1) is 0 Å². The first-order valence-electron chi connectivity index (χ1n) is 5.81. The highest BCUT2D eigenvalue weighted by molar-refractivity contribution is 6.65. The van der Waals surface area contributed by atoms with Gasteiger partial charge in [-0.1, -0.05) is 13.3 Å². The van der Waals surface area contributed by atoms with Crippen LogP contribution in [-0.4, -0.2) is 49.0 Å². The van der Waals surface area contributed by atoms with Crippen molar-refractivity contribution in [1.29, 1.82) is 0 Å². The summed E-state index contributed by atoms with van der Waals surface area (Å²) in [6.45, 7) is 7.36. The molecule has 0 amide bonds. The van der Waals surface area contributed by atoms with Crippen molar-refractivity contribution in [3.8, 4) is 0 Å². The molecule has 5 N–H and O–H groups in total. The monoisotopic (exact) mass is 251 g/mol. The van der Waals surface area contributed by atoms with Crippen LogP contribution in [0, 0.1) is 0 Å². The predicted molar refractivity (Wildman–Crippen MR) is 71.7 cm³/mol. The summed E-state index contributed by atoms with van der Waals surface area (Å²) in [5.41, 5.74) is 10.3. The summed E-state index contributed by atoms with van der Waals surface area (Å²) in [6.07, 6.45) is 1.14. The standard InChI is InChI=1S/C6H16O2Si.C4H13N3/c1-5-6-9(4,7-2)8-3;5-1-3-7-4-2-6/h5-6H2,1-4H3;7H,1-6H2. The molecule has 6 heteroatoms. The van der Waals surface area contributed by atoms with E-state index in [4.69, 9.17) is 20.3 Å². The van der Waals surface area contributed by atoms with E-state index in [1.54, 1.807) is 14.2 Å². The average molecular weight is 251 g/mol. The number of nitrogens with two attached hydrogens (primary N) is 2. The van der Waals surface area contributed by atoms with Crippen molar-refractivity contribution >= 4 is 8.56 Å². The SMILES string of the molecule is CCC[Si](C)(OC)OC.NCCNCCN. The van der Waals surface area contributed by atoms with Gasteiger partial charge >= 0.3 is 8.56 Å². The van der Waals surface area contributed by atoms with Crippen LogP contribution in [0.1, 0.15) is 13.3 Å². The first-order chi connectivity index (χ1) is 7.60. The molecule has 16 heavy (non-hydrogen) atoms. The van der Waals surface area contributed by atoms with Crippen molar-refractivity contribution in [1.82, 2.24) is 5.32 Å². The van der Waals surface area contributed by atoms with E-state index < -0.39 is 8.56 Å². The second-order valence-corrected chi connectivity index (χ2v) is 7.20. The number of hydrogen-bond donors (Lipinski definition) is 3. The first-order valence-corrected chi connectivity index (χ1v) is 8.33. The van der Waals surface area contributed by atoms with Crippen molar-refractivity contribution in [2.75, 3.05) is 40.4 Å². The van der Waals surface area contributed by atoms with E-state index in [-0.39, 0.29) is 0 Å². The Bertz CT molecular complexity index is 131.